The van der Waals surface area contributed by atoms with Crippen LogP contribution in [0.5, 0.6) is 0 Å². The van der Waals surface area contributed by atoms with Gasteiger partial charge in [-0.1, -0.05) is 56.5 Å². The summed E-state index contributed by atoms with van der Waals surface area (Å²) in [5.41, 5.74) is 0.341. The van der Waals surface area contributed by atoms with Gasteiger partial charge in [-0.25, -0.2) is 0 Å². The van der Waals surface area contributed by atoms with Gasteiger partial charge in [-0.3, -0.25) is 4.79 Å². The molecule has 3 rings (SSSR count). The molecule has 0 radical (unpaired) electrons. The molecule has 2 fully saturated rings. The highest BCUT2D eigenvalue weighted by Crippen LogP contribution is 2.45. The molecule has 1 aromatic rings. The predicted octanol–water partition coefficient (Wildman–Crippen LogP) is 3.64. The van der Waals surface area contributed by atoms with Crippen molar-refractivity contribution in [2.75, 3.05) is 26.3 Å². The Kier molecular flexibility index (Phi) is 9.34. The van der Waals surface area contributed by atoms with Gasteiger partial charge in [-0.2, -0.15) is 0 Å². The van der Waals surface area contributed by atoms with Crippen LogP contribution in [-0.2, 0) is 14.9 Å². The zero-order chi connectivity index (χ0) is 16.5. The van der Waals surface area contributed by atoms with Gasteiger partial charge in [0, 0.05) is 13.1 Å². The van der Waals surface area contributed by atoms with Crippen molar-refractivity contribution >= 4 is 18.4 Å². The molecule has 2 atom stereocenters. The average molecular weight is 356 g/mol. The number of halogens is 1. The van der Waals surface area contributed by atoms with Crippen molar-refractivity contribution < 1.29 is 14.6 Å². The van der Waals surface area contributed by atoms with E-state index in [9.17, 15) is 9.90 Å². The molecule has 0 spiro atoms. The summed E-state index contributed by atoms with van der Waals surface area (Å²) in [5, 5.41) is 12.9. The summed E-state index contributed by atoms with van der Waals surface area (Å²) in [4.78, 5) is 11.8. The fraction of sp³-hybridized carbons (Fsp3) is 0.632. The Morgan fingerprint density at radius 2 is 1.92 bits per heavy atom. The van der Waals surface area contributed by atoms with Crippen LogP contribution in [0.4, 0.5) is 0 Å². The van der Waals surface area contributed by atoms with Crippen LogP contribution in [0.3, 0.4) is 0 Å². The van der Waals surface area contributed by atoms with Crippen LogP contribution < -0.4 is 5.32 Å². The molecular weight excluding hydrogens is 326 g/mol. The molecule has 1 saturated heterocycles. The lowest BCUT2D eigenvalue weighted by atomic mass is 9.61. The summed E-state index contributed by atoms with van der Waals surface area (Å²) < 4.78 is 5.01. The van der Waals surface area contributed by atoms with Gasteiger partial charge in [0.05, 0.1) is 18.6 Å². The number of rotatable bonds is 3. The number of nitrogens with one attached hydrogen (secondary N) is 1. The highest BCUT2D eigenvalue weighted by Gasteiger charge is 2.47. The predicted molar refractivity (Wildman–Crippen MR) is 98.9 cm³/mol. The molecule has 2 aliphatic rings. The van der Waals surface area contributed by atoms with Crippen molar-refractivity contribution in [2.45, 2.75) is 44.4 Å². The van der Waals surface area contributed by atoms with Gasteiger partial charge in [-0.15, -0.1) is 12.4 Å². The number of benzene rings is 1. The number of carboxylic acids is 1. The molecule has 0 amide bonds. The third-order valence-electron chi connectivity index (χ3n) is 5.08. The first kappa shape index (κ1) is 20.9. The first-order chi connectivity index (χ1) is 11.2. The molecule has 2 unspecified atom stereocenters. The van der Waals surface area contributed by atoms with Crippen molar-refractivity contribution in [3.8, 4) is 0 Å². The summed E-state index contributed by atoms with van der Waals surface area (Å²) in [7, 11) is 0. The molecule has 5 heteroatoms. The van der Waals surface area contributed by atoms with Crippen LogP contribution in [0, 0.1) is 5.92 Å². The van der Waals surface area contributed by atoms with E-state index in [0.29, 0.717) is 0 Å². The smallest absolute Gasteiger partial charge is 0.314 e. The van der Waals surface area contributed by atoms with Crippen molar-refractivity contribution in [1.29, 1.82) is 0 Å². The van der Waals surface area contributed by atoms with Gasteiger partial charge in [0.2, 0.25) is 0 Å². The van der Waals surface area contributed by atoms with E-state index in [1.165, 1.54) is 6.42 Å². The third-order valence-corrected chi connectivity index (χ3v) is 5.08. The number of carbonyl (C=O) groups is 1. The summed E-state index contributed by atoms with van der Waals surface area (Å²) in [6, 6.07) is 9.79. The van der Waals surface area contributed by atoms with E-state index in [0.717, 1.165) is 57.6 Å². The van der Waals surface area contributed by atoms with Crippen molar-refractivity contribution in [2.24, 2.45) is 5.92 Å². The number of aliphatic carboxylic acids is 1. The lowest BCUT2D eigenvalue weighted by Crippen LogP contribution is -2.45. The molecule has 1 aliphatic heterocycles. The Bertz CT molecular complexity index is 467. The highest BCUT2D eigenvalue weighted by atomic mass is 35.5. The van der Waals surface area contributed by atoms with E-state index in [-0.39, 0.29) is 18.3 Å². The fourth-order valence-corrected chi connectivity index (χ4v) is 3.83. The standard InChI is InChI=1S/C15H20O2.C4H9NO.ClH/c1-2-12-8-6-7-11-15(12,14(16)17)13-9-4-3-5-10-13;1-3-6-4-2-5-1;/h3-5,9-10,12H,2,6-8,11H2,1H3,(H,16,17);5H,1-4H2;1H. The number of hydrogen-bond acceptors (Lipinski definition) is 3. The van der Waals surface area contributed by atoms with Crippen molar-refractivity contribution in [3.63, 3.8) is 0 Å². The Labute approximate surface area is 151 Å². The Balaban J connectivity index is 0.000000349. The first-order valence-electron chi connectivity index (χ1n) is 8.79. The van der Waals surface area contributed by atoms with E-state index in [4.69, 9.17) is 4.74 Å². The summed E-state index contributed by atoms with van der Waals surface area (Å²) >= 11 is 0. The number of morpholine rings is 1. The summed E-state index contributed by atoms with van der Waals surface area (Å²) in [6.45, 7) is 5.94. The van der Waals surface area contributed by atoms with Crippen molar-refractivity contribution in [3.05, 3.63) is 35.9 Å². The lowest BCUT2D eigenvalue weighted by Gasteiger charge is -2.41. The molecule has 1 aliphatic carbocycles. The van der Waals surface area contributed by atoms with Crippen LogP contribution >= 0.6 is 12.4 Å². The number of carboxylic acid groups (broad SMARTS) is 1. The van der Waals surface area contributed by atoms with Gasteiger partial charge >= 0.3 is 5.97 Å². The topological polar surface area (TPSA) is 58.6 Å². The maximum absolute atomic E-state index is 11.8. The minimum Gasteiger partial charge on any atom is -0.481 e. The van der Waals surface area contributed by atoms with Gasteiger partial charge in [0.1, 0.15) is 0 Å². The Morgan fingerprint density at radius 3 is 2.38 bits per heavy atom. The molecular formula is C19H30ClNO3. The fourth-order valence-electron chi connectivity index (χ4n) is 3.83. The Hall–Kier alpha value is -1.10. The second-order valence-corrected chi connectivity index (χ2v) is 6.36. The molecule has 0 aromatic heterocycles. The average Bonchev–Trinajstić information content (AvgIpc) is 2.64. The molecule has 1 aromatic carbocycles. The number of ether oxygens (including phenoxy) is 1. The van der Waals surface area contributed by atoms with Gasteiger partial charge < -0.3 is 15.2 Å². The monoisotopic (exact) mass is 355 g/mol. The zero-order valence-corrected chi connectivity index (χ0v) is 15.3. The van der Waals surface area contributed by atoms with Crippen LogP contribution in [0.1, 0.15) is 44.6 Å². The second kappa shape index (κ2) is 10.7. The molecule has 1 saturated carbocycles. The second-order valence-electron chi connectivity index (χ2n) is 6.36. The van der Waals surface area contributed by atoms with Crippen LogP contribution in [0.15, 0.2) is 30.3 Å². The van der Waals surface area contributed by atoms with E-state index < -0.39 is 11.4 Å². The lowest BCUT2D eigenvalue weighted by molar-refractivity contribution is -0.148. The molecule has 24 heavy (non-hydrogen) atoms. The summed E-state index contributed by atoms with van der Waals surface area (Å²) in [5.74, 6) is -0.369. The molecule has 0 bridgehead atoms. The largest absolute Gasteiger partial charge is 0.481 e. The first-order valence-corrected chi connectivity index (χ1v) is 8.79. The SMILES string of the molecule is C1COCCN1.CCC1CCCCC1(C(=O)O)c1ccccc1.Cl. The minimum absolute atomic E-state index is 0. The maximum atomic E-state index is 11.8. The Morgan fingerprint density at radius 1 is 1.25 bits per heavy atom. The molecule has 1 heterocycles. The van der Waals surface area contributed by atoms with Gasteiger partial charge in [-0.05, 0) is 24.3 Å². The van der Waals surface area contributed by atoms with Crippen LogP contribution in [0.2, 0.25) is 0 Å². The molecule has 136 valence electrons. The zero-order valence-electron chi connectivity index (χ0n) is 14.5. The minimum atomic E-state index is -0.645. The van der Waals surface area contributed by atoms with Gasteiger partial charge in [0.15, 0.2) is 0 Å². The van der Waals surface area contributed by atoms with Crippen LogP contribution in [-0.4, -0.2) is 37.4 Å². The molecule has 2 N–H and O–H groups in total. The highest BCUT2D eigenvalue weighted by molar-refractivity contribution is 5.85. The molecule has 4 nitrogen and oxygen atoms in total. The van der Waals surface area contributed by atoms with Gasteiger partial charge in [0.25, 0.3) is 0 Å². The quantitative estimate of drug-likeness (QED) is 0.869. The third kappa shape index (κ3) is 4.95. The summed E-state index contributed by atoms with van der Waals surface area (Å²) in [6.07, 6.45) is 4.96. The van der Waals surface area contributed by atoms with E-state index in [2.05, 4.69) is 12.2 Å². The van der Waals surface area contributed by atoms with E-state index in [1.807, 2.05) is 30.3 Å². The van der Waals surface area contributed by atoms with E-state index >= 15 is 0 Å². The van der Waals surface area contributed by atoms with E-state index in [1.54, 1.807) is 0 Å². The van der Waals surface area contributed by atoms with Crippen LogP contribution in [0.25, 0.3) is 0 Å². The number of hydrogen-bond donors (Lipinski definition) is 2. The maximum Gasteiger partial charge on any atom is 0.314 e. The normalized spacial score (nSPS) is 26.5. The van der Waals surface area contributed by atoms with Crippen molar-refractivity contribution in [1.82, 2.24) is 5.32 Å².